The summed E-state index contributed by atoms with van der Waals surface area (Å²) in [6.07, 6.45) is -9.96. The summed E-state index contributed by atoms with van der Waals surface area (Å²) >= 11 is 7.63. The second-order valence-electron chi connectivity index (χ2n) is 6.43. The van der Waals surface area contributed by atoms with Gasteiger partial charge in [0.2, 0.25) is 6.10 Å². The number of carbonyl (C=O) groups excluding carboxylic acids is 1. The fraction of sp³-hybridized carbons (Fsp3) is 0.278. The standard InChI is InChI=1S/C18H14BrF6N3O2S/c1-16(12-10(20)7-8-11(19)26-12,17(21,22)14(30)18(23,24)25)28-15(31)27-13(29)9-5-3-2-4-6-9/h2-8,14,30H,1H3,(H2,27,28,29,31)/t14-,16+/m0/s1. The van der Waals surface area contributed by atoms with E-state index in [2.05, 4.69) is 20.9 Å². The first-order valence-electron chi connectivity index (χ1n) is 8.34. The Hall–Kier alpha value is -2.25. The van der Waals surface area contributed by atoms with E-state index in [1.807, 2.05) is 10.6 Å². The summed E-state index contributed by atoms with van der Waals surface area (Å²) in [5.41, 5.74) is -4.43. The van der Waals surface area contributed by atoms with Crippen LogP contribution in [0.25, 0.3) is 0 Å². The Morgan fingerprint density at radius 2 is 1.71 bits per heavy atom. The van der Waals surface area contributed by atoms with Crippen LogP contribution in [0.2, 0.25) is 0 Å². The van der Waals surface area contributed by atoms with Crippen LogP contribution in [0.5, 0.6) is 0 Å². The van der Waals surface area contributed by atoms with Gasteiger partial charge in [0.1, 0.15) is 21.7 Å². The van der Waals surface area contributed by atoms with Crippen molar-refractivity contribution >= 4 is 39.2 Å². The molecule has 0 saturated heterocycles. The van der Waals surface area contributed by atoms with Gasteiger partial charge in [-0.25, -0.2) is 18.2 Å². The van der Waals surface area contributed by atoms with E-state index in [4.69, 9.17) is 12.2 Å². The number of carbonyl (C=O) groups is 1. The second-order valence-corrected chi connectivity index (χ2v) is 7.65. The van der Waals surface area contributed by atoms with Gasteiger partial charge in [-0.1, -0.05) is 18.2 Å². The highest BCUT2D eigenvalue weighted by atomic mass is 79.9. The van der Waals surface area contributed by atoms with Crippen LogP contribution in [0.15, 0.2) is 47.1 Å². The number of hydrogen-bond donors (Lipinski definition) is 3. The van der Waals surface area contributed by atoms with E-state index in [9.17, 15) is 36.2 Å². The maximum Gasteiger partial charge on any atom is 0.420 e. The molecule has 168 valence electrons. The van der Waals surface area contributed by atoms with Crippen LogP contribution in [0.1, 0.15) is 23.0 Å². The third-order valence-corrected chi connectivity index (χ3v) is 4.88. The molecule has 2 rings (SSSR count). The maximum absolute atomic E-state index is 15.0. The van der Waals surface area contributed by atoms with Crippen molar-refractivity contribution in [3.63, 3.8) is 0 Å². The highest BCUT2D eigenvalue weighted by molar-refractivity contribution is 9.10. The number of amides is 1. The Kier molecular flexibility index (Phi) is 7.33. The lowest BCUT2D eigenvalue weighted by molar-refractivity contribution is -0.288. The van der Waals surface area contributed by atoms with Crippen LogP contribution in [0.3, 0.4) is 0 Å². The molecule has 5 nitrogen and oxygen atoms in total. The van der Waals surface area contributed by atoms with E-state index >= 15 is 0 Å². The number of aliphatic hydroxyl groups excluding tert-OH is 1. The van der Waals surface area contributed by atoms with Crippen LogP contribution < -0.4 is 10.6 Å². The second kappa shape index (κ2) is 9.09. The van der Waals surface area contributed by atoms with Crippen molar-refractivity contribution in [1.82, 2.24) is 15.6 Å². The van der Waals surface area contributed by atoms with Crippen LogP contribution in [-0.4, -0.2) is 39.3 Å². The Morgan fingerprint density at radius 1 is 1.13 bits per heavy atom. The van der Waals surface area contributed by atoms with Crippen molar-refractivity contribution in [1.29, 1.82) is 0 Å². The normalized spacial score (nSPS) is 15.0. The summed E-state index contributed by atoms with van der Waals surface area (Å²) in [5.74, 6) is -7.34. The van der Waals surface area contributed by atoms with E-state index < -0.39 is 46.3 Å². The molecule has 0 saturated carbocycles. The minimum absolute atomic E-state index is 0.0715. The SMILES string of the molecule is C[C@@](NC(=S)NC(=O)c1ccccc1)(c1nc(Br)ccc1F)C(F)(F)[C@H](O)C(F)(F)F. The Labute approximate surface area is 186 Å². The lowest BCUT2D eigenvalue weighted by atomic mass is 9.85. The quantitative estimate of drug-likeness (QED) is 0.309. The van der Waals surface area contributed by atoms with Crippen molar-refractivity contribution in [3.05, 3.63) is 64.1 Å². The van der Waals surface area contributed by atoms with Gasteiger partial charge in [-0.2, -0.15) is 13.2 Å². The molecule has 0 unspecified atom stereocenters. The highest BCUT2D eigenvalue weighted by Gasteiger charge is 2.66. The first kappa shape index (κ1) is 25.0. The summed E-state index contributed by atoms with van der Waals surface area (Å²) in [6.45, 7) is 0.473. The number of pyridine rings is 1. The molecule has 31 heavy (non-hydrogen) atoms. The molecule has 0 bridgehead atoms. The van der Waals surface area contributed by atoms with E-state index in [1.54, 1.807) is 6.07 Å². The Morgan fingerprint density at radius 3 is 2.26 bits per heavy atom. The lowest BCUT2D eigenvalue weighted by Crippen LogP contribution is -2.65. The molecule has 1 amide bonds. The smallest absolute Gasteiger partial charge is 0.379 e. The van der Waals surface area contributed by atoms with Crippen molar-refractivity contribution < 1.29 is 36.2 Å². The topological polar surface area (TPSA) is 74.2 Å². The molecule has 13 heteroatoms. The molecule has 0 spiro atoms. The molecule has 2 atom stereocenters. The van der Waals surface area contributed by atoms with Crippen LogP contribution >= 0.6 is 28.1 Å². The van der Waals surface area contributed by atoms with Crippen molar-refractivity contribution in [2.75, 3.05) is 0 Å². The predicted octanol–water partition coefficient (Wildman–Crippen LogP) is 4.06. The number of nitrogens with zero attached hydrogens (tertiary/aromatic N) is 1. The average molecular weight is 530 g/mol. The zero-order valence-electron chi connectivity index (χ0n) is 15.5. The zero-order chi connectivity index (χ0) is 23.6. The zero-order valence-corrected chi connectivity index (χ0v) is 17.9. The fourth-order valence-electron chi connectivity index (χ4n) is 2.57. The maximum atomic E-state index is 15.0. The summed E-state index contributed by atoms with van der Waals surface area (Å²) in [4.78, 5) is 15.7. The number of aromatic nitrogens is 1. The van der Waals surface area contributed by atoms with E-state index in [0.29, 0.717) is 13.0 Å². The molecule has 0 fully saturated rings. The molecular weight excluding hydrogens is 516 g/mol. The van der Waals surface area contributed by atoms with Gasteiger partial charge in [0.15, 0.2) is 5.11 Å². The number of aliphatic hydroxyl groups is 1. The van der Waals surface area contributed by atoms with Gasteiger partial charge < -0.3 is 10.4 Å². The largest absolute Gasteiger partial charge is 0.420 e. The third-order valence-electron chi connectivity index (χ3n) is 4.23. The van der Waals surface area contributed by atoms with Crippen LogP contribution in [0, 0.1) is 5.82 Å². The minimum atomic E-state index is -5.76. The molecule has 0 aliphatic carbocycles. The van der Waals surface area contributed by atoms with E-state index in [0.717, 1.165) is 6.07 Å². The molecule has 1 heterocycles. The van der Waals surface area contributed by atoms with Gasteiger partial charge in [-0.15, -0.1) is 0 Å². The van der Waals surface area contributed by atoms with Gasteiger partial charge >= 0.3 is 12.1 Å². The summed E-state index contributed by atoms with van der Waals surface area (Å²) in [6, 6.07) is 9.07. The summed E-state index contributed by atoms with van der Waals surface area (Å²) in [5, 5.41) is 12.4. The first-order valence-corrected chi connectivity index (χ1v) is 9.54. The lowest BCUT2D eigenvalue weighted by Gasteiger charge is -2.41. The van der Waals surface area contributed by atoms with Crippen LogP contribution in [0.4, 0.5) is 26.3 Å². The predicted molar refractivity (Wildman–Crippen MR) is 106 cm³/mol. The molecular formula is C18H14BrF6N3O2S. The summed E-state index contributed by atoms with van der Waals surface area (Å²) < 4.78 is 83.0. The van der Waals surface area contributed by atoms with Gasteiger partial charge in [0, 0.05) is 5.56 Å². The minimum Gasteiger partial charge on any atom is -0.379 e. The molecule has 0 aliphatic rings. The van der Waals surface area contributed by atoms with E-state index in [1.165, 1.54) is 24.3 Å². The fourth-order valence-corrected chi connectivity index (χ4v) is 3.18. The third kappa shape index (κ3) is 5.33. The number of thiocarbonyl (C=S) groups is 1. The number of hydrogen-bond acceptors (Lipinski definition) is 4. The Balaban J connectivity index is 2.48. The average Bonchev–Trinajstić information content (AvgIpc) is 2.68. The molecule has 0 aliphatic heterocycles. The number of alkyl halides is 5. The van der Waals surface area contributed by atoms with Gasteiger partial charge in [-0.05, 0) is 59.3 Å². The Bertz CT molecular complexity index is 977. The van der Waals surface area contributed by atoms with Gasteiger partial charge in [0.05, 0.1) is 0 Å². The molecule has 1 aromatic carbocycles. The number of halogens is 7. The first-order chi connectivity index (χ1) is 14.2. The van der Waals surface area contributed by atoms with Crippen molar-refractivity contribution in [2.24, 2.45) is 0 Å². The molecule has 3 N–H and O–H groups in total. The molecule has 0 radical (unpaired) electrons. The van der Waals surface area contributed by atoms with E-state index in [-0.39, 0.29) is 10.2 Å². The van der Waals surface area contributed by atoms with Gasteiger partial charge in [-0.3, -0.25) is 10.1 Å². The number of benzene rings is 1. The highest BCUT2D eigenvalue weighted by Crippen LogP contribution is 2.45. The van der Waals surface area contributed by atoms with Crippen LogP contribution in [-0.2, 0) is 5.54 Å². The van der Waals surface area contributed by atoms with Gasteiger partial charge in [0.25, 0.3) is 5.91 Å². The van der Waals surface area contributed by atoms with Crippen molar-refractivity contribution in [2.45, 2.75) is 30.7 Å². The molecule has 2 aromatic rings. The number of nitrogens with one attached hydrogen (secondary N) is 2. The molecule has 1 aromatic heterocycles. The summed E-state index contributed by atoms with van der Waals surface area (Å²) in [7, 11) is 0. The monoisotopic (exact) mass is 529 g/mol. The van der Waals surface area contributed by atoms with Crippen molar-refractivity contribution in [3.8, 4) is 0 Å². The number of rotatable bonds is 5.